The summed E-state index contributed by atoms with van der Waals surface area (Å²) in [7, 11) is 0. The van der Waals surface area contributed by atoms with Crippen molar-refractivity contribution in [1.82, 2.24) is 14.5 Å². The summed E-state index contributed by atoms with van der Waals surface area (Å²) in [6, 6.07) is 24.2. The van der Waals surface area contributed by atoms with Gasteiger partial charge in [-0.2, -0.15) is 0 Å². The second kappa shape index (κ2) is 7.37. The first-order valence-corrected chi connectivity index (χ1v) is 9.55. The van der Waals surface area contributed by atoms with Crippen molar-refractivity contribution in [3.63, 3.8) is 0 Å². The Balaban J connectivity index is 1.47. The fraction of sp³-hybridized carbons (Fsp3) is 0.0833. The van der Waals surface area contributed by atoms with Crippen LogP contribution in [0.5, 0.6) is 11.6 Å². The first-order chi connectivity index (χ1) is 14.3. The van der Waals surface area contributed by atoms with E-state index < -0.39 is 0 Å². The van der Waals surface area contributed by atoms with Crippen molar-refractivity contribution in [3.8, 4) is 11.6 Å². The molecule has 0 radical (unpaired) electrons. The third kappa shape index (κ3) is 3.44. The average Bonchev–Trinajstić information content (AvgIpc) is 3.18. The molecule has 0 saturated heterocycles. The van der Waals surface area contributed by atoms with E-state index in [1.165, 1.54) is 0 Å². The third-order valence-electron chi connectivity index (χ3n) is 5.01. The molecule has 0 aliphatic rings. The predicted octanol–water partition coefficient (Wildman–Crippen LogP) is 4.88. The first kappa shape index (κ1) is 17.4. The van der Waals surface area contributed by atoms with E-state index in [-0.39, 0.29) is 0 Å². The van der Waals surface area contributed by atoms with Gasteiger partial charge in [-0.1, -0.05) is 30.3 Å². The SMILES string of the molecule is NCc1ccnc(Oc2cccc3c2ccn3Cc2ccc3ccccc3n2)c1. The quantitative estimate of drug-likeness (QED) is 0.472. The number of benzene rings is 2. The lowest BCUT2D eigenvalue weighted by Crippen LogP contribution is -2.00. The second-order valence-corrected chi connectivity index (χ2v) is 6.94. The molecule has 0 atom stereocenters. The molecule has 0 unspecified atom stereocenters. The van der Waals surface area contributed by atoms with E-state index >= 15 is 0 Å². The summed E-state index contributed by atoms with van der Waals surface area (Å²) in [5, 5.41) is 2.18. The van der Waals surface area contributed by atoms with E-state index in [1.54, 1.807) is 6.20 Å². The zero-order chi connectivity index (χ0) is 19.6. The molecule has 5 aromatic rings. The highest BCUT2D eigenvalue weighted by Crippen LogP contribution is 2.30. The van der Waals surface area contributed by atoms with Crippen molar-refractivity contribution in [2.75, 3.05) is 0 Å². The molecule has 0 aliphatic heterocycles. The molecule has 0 saturated carbocycles. The van der Waals surface area contributed by atoms with Gasteiger partial charge >= 0.3 is 0 Å². The largest absolute Gasteiger partial charge is 0.438 e. The molecule has 142 valence electrons. The van der Waals surface area contributed by atoms with Gasteiger partial charge in [-0.3, -0.25) is 4.98 Å². The van der Waals surface area contributed by atoms with Crippen LogP contribution >= 0.6 is 0 Å². The van der Waals surface area contributed by atoms with Gasteiger partial charge in [-0.25, -0.2) is 4.98 Å². The molecule has 2 N–H and O–H groups in total. The maximum Gasteiger partial charge on any atom is 0.219 e. The summed E-state index contributed by atoms with van der Waals surface area (Å²) < 4.78 is 8.24. The highest BCUT2D eigenvalue weighted by molar-refractivity contribution is 5.87. The summed E-state index contributed by atoms with van der Waals surface area (Å²) in [6.07, 6.45) is 3.78. The Bertz CT molecular complexity index is 1310. The van der Waals surface area contributed by atoms with Crippen molar-refractivity contribution >= 4 is 21.8 Å². The maximum absolute atomic E-state index is 6.06. The van der Waals surface area contributed by atoms with Gasteiger partial charge in [0.25, 0.3) is 0 Å². The van der Waals surface area contributed by atoms with E-state index in [4.69, 9.17) is 15.5 Å². The number of para-hydroxylation sites is 1. The minimum atomic E-state index is 0.457. The maximum atomic E-state index is 6.06. The highest BCUT2D eigenvalue weighted by Gasteiger charge is 2.09. The molecule has 0 bridgehead atoms. The number of aromatic nitrogens is 3. The summed E-state index contributed by atoms with van der Waals surface area (Å²) in [6.45, 7) is 1.15. The summed E-state index contributed by atoms with van der Waals surface area (Å²) in [4.78, 5) is 9.09. The van der Waals surface area contributed by atoms with Crippen LogP contribution in [0.1, 0.15) is 11.3 Å². The summed E-state index contributed by atoms with van der Waals surface area (Å²) >= 11 is 0. The zero-order valence-electron chi connectivity index (χ0n) is 15.8. The predicted molar refractivity (Wildman–Crippen MR) is 115 cm³/mol. The standard InChI is InChI=1S/C24H20N4O/c25-15-17-10-12-26-24(14-17)29-23-7-3-6-22-20(23)11-13-28(22)16-19-9-8-18-4-1-2-5-21(18)27-19/h1-14H,15-16,25H2. The number of nitrogens with zero attached hydrogens (tertiary/aromatic N) is 3. The third-order valence-corrected chi connectivity index (χ3v) is 5.01. The number of ether oxygens (including phenoxy) is 1. The van der Waals surface area contributed by atoms with Gasteiger partial charge in [0, 0.05) is 35.8 Å². The lowest BCUT2D eigenvalue weighted by molar-refractivity contribution is 0.467. The fourth-order valence-corrected chi connectivity index (χ4v) is 3.54. The first-order valence-electron chi connectivity index (χ1n) is 9.55. The number of fused-ring (bicyclic) bond motifs is 2. The van der Waals surface area contributed by atoms with E-state index in [0.717, 1.165) is 38.8 Å². The summed E-state index contributed by atoms with van der Waals surface area (Å²) in [5.74, 6) is 1.32. The van der Waals surface area contributed by atoms with Gasteiger partial charge in [0.2, 0.25) is 5.88 Å². The van der Waals surface area contributed by atoms with Crippen LogP contribution in [0.25, 0.3) is 21.8 Å². The number of hydrogen-bond acceptors (Lipinski definition) is 4. The van der Waals surface area contributed by atoms with Crippen molar-refractivity contribution < 1.29 is 4.74 Å². The van der Waals surface area contributed by atoms with Gasteiger partial charge in [-0.05, 0) is 42.0 Å². The Labute approximate surface area is 168 Å². The number of nitrogens with two attached hydrogens (primary N) is 1. The molecular weight excluding hydrogens is 360 g/mol. The molecule has 0 amide bonds. The Kier molecular flexibility index (Phi) is 4.42. The van der Waals surface area contributed by atoms with Crippen molar-refractivity contribution in [2.45, 2.75) is 13.1 Å². The molecule has 0 spiro atoms. The smallest absolute Gasteiger partial charge is 0.219 e. The molecule has 2 aromatic carbocycles. The van der Waals surface area contributed by atoms with E-state index in [0.29, 0.717) is 19.0 Å². The van der Waals surface area contributed by atoms with Crippen molar-refractivity contribution in [1.29, 1.82) is 0 Å². The van der Waals surface area contributed by atoms with Crippen LogP contribution in [0.3, 0.4) is 0 Å². The molecule has 5 rings (SSSR count). The average molecular weight is 380 g/mol. The van der Waals surface area contributed by atoms with Crippen LogP contribution < -0.4 is 10.5 Å². The summed E-state index contributed by atoms with van der Waals surface area (Å²) in [5.41, 5.74) is 9.83. The van der Waals surface area contributed by atoms with Gasteiger partial charge in [0.05, 0.1) is 23.3 Å². The fourth-order valence-electron chi connectivity index (χ4n) is 3.54. The van der Waals surface area contributed by atoms with Gasteiger partial charge in [0.15, 0.2) is 0 Å². The Hall–Kier alpha value is -3.70. The topological polar surface area (TPSA) is 66.0 Å². The van der Waals surface area contributed by atoms with E-state index in [9.17, 15) is 0 Å². The molecule has 3 heterocycles. The molecule has 5 heteroatoms. The molecular formula is C24H20N4O. The monoisotopic (exact) mass is 380 g/mol. The number of pyridine rings is 2. The van der Waals surface area contributed by atoms with Crippen LogP contribution in [0, 0.1) is 0 Å². The molecule has 5 nitrogen and oxygen atoms in total. The molecule has 29 heavy (non-hydrogen) atoms. The molecule has 0 fully saturated rings. The van der Waals surface area contributed by atoms with Crippen LogP contribution in [-0.4, -0.2) is 14.5 Å². The minimum absolute atomic E-state index is 0.457. The molecule has 0 aliphatic carbocycles. The van der Waals surface area contributed by atoms with Gasteiger partial charge < -0.3 is 15.0 Å². The normalized spacial score (nSPS) is 11.2. The number of hydrogen-bond donors (Lipinski definition) is 1. The minimum Gasteiger partial charge on any atom is -0.438 e. The van der Waals surface area contributed by atoms with E-state index in [1.807, 2.05) is 42.5 Å². The van der Waals surface area contributed by atoms with Crippen LogP contribution in [-0.2, 0) is 13.1 Å². The lowest BCUT2D eigenvalue weighted by Gasteiger charge is -2.09. The van der Waals surface area contributed by atoms with Gasteiger partial charge in [0.1, 0.15) is 5.75 Å². The Morgan fingerprint density at radius 1 is 0.931 bits per heavy atom. The van der Waals surface area contributed by atoms with Crippen molar-refractivity contribution in [2.24, 2.45) is 5.73 Å². The van der Waals surface area contributed by atoms with Crippen LogP contribution in [0.4, 0.5) is 0 Å². The Morgan fingerprint density at radius 3 is 2.79 bits per heavy atom. The zero-order valence-corrected chi connectivity index (χ0v) is 15.8. The number of rotatable bonds is 5. The second-order valence-electron chi connectivity index (χ2n) is 6.94. The van der Waals surface area contributed by atoms with Crippen LogP contribution in [0.2, 0.25) is 0 Å². The van der Waals surface area contributed by atoms with Crippen molar-refractivity contribution in [3.05, 3.63) is 96.4 Å². The lowest BCUT2D eigenvalue weighted by atomic mass is 10.2. The Morgan fingerprint density at radius 2 is 1.86 bits per heavy atom. The van der Waals surface area contributed by atoms with E-state index in [2.05, 4.69) is 46.1 Å². The van der Waals surface area contributed by atoms with Crippen LogP contribution in [0.15, 0.2) is 85.2 Å². The van der Waals surface area contributed by atoms with Gasteiger partial charge in [-0.15, -0.1) is 0 Å². The molecule has 3 aromatic heterocycles. The highest BCUT2D eigenvalue weighted by atomic mass is 16.5.